The van der Waals surface area contributed by atoms with E-state index < -0.39 is 0 Å². The number of rotatable bonds is 6. The molecule has 6 heteroatoms. The third-order valence-electron chi connectivity index (χ3n) is 5.16. The molecule has 1 aliphatic rings. The van der Waals surface area contributed by atoms with Gasteiger partial charge in [0.05, 0.1) is 25.5 Å². The number of carbonyl (C=O) groups is 1. The lowest BCUT2D eigenvalue weighted by Crippen LogP contribution is -2.32. The minimum absolute atomic E-state index is 0.0510. The second-order valence-corrected chi connectivity index (χ2v) is 6.89. The summed E-state index contributed by atoms with van der Waals surface area (Å²) < 4.78 is 10.5. The van der Waals surface area contributed by atoms with Gasteiger partial charge < -0.3 is 14.4 Å². The monoisotopic (exact) mass is 377 g/mol. The molecule has 0 aliphatic carbocycles. The second kappa shape index (κ2) is 7.48. The van der Waals surface area contributed by atoms with E-state index in [1.807, 2.05) is 29.2 Å². The van der Waals surface area contributed by atoms with Gasteiger partial charge >= 0.3 is 0 Å². The fraction of sp³-hybridized carbons (Fsp3) is 0.273. The maximum atomic E-state index is 13.1. The first-order valence-electron chi connectivity index (χ1n) is 9.23. The number of hydrogen-bond acceptors (Lipinski definition) is 4. The Morgan fingerprint density at radius 3 is 2.43 bits per heavy atom. The van der Waals surface area contributed by atoms with Gasteiger partial charge in [-0.25, -0.2) is 0 Å². The van der Waals surface area contributed by atoms with Gasteiger partial charge in [0, 0.05) is 24.8 Å². The first-order valence-corrected chi connectivity index (χ1v) is 9.23. The summed E-state index contributed by atoms with van der Waals surface area (Å²) >= 11 is 0. The number of ether oxygens (including phenoxy) is 2. The van der Waals surface area contributed by atoms with Crippen molar-refractivity contribution in [3.63, 3.8) is 0 Å². The molecule has 2 aromatic carbocycles. The van der Waals surface area contributed by atoms with Gasteiger partial charge in [-0.1, -0.05) is 29.8 Å². The van der Waals surface area contributed by atoms with Crippen LogP contribution in [-0.2, 0) is 4.74 Å². The van der Waals surface area contributed by atoms with Crippen LogP contribution in [0.15, 0.2) is 48.5 Å². The van der Waals surface area contributed by atoms with Crippen LogP contribution in [0.4, 0.5) is 0 Å². The van der Waals surface area contributed by atoms with E-state index in [1.54, 1.807) is 14.2 Å². The lowest BCUT2D eigenvalue weighted by atomic mass is 9.95. The fourth-order valence-electron chi connectivity index (χ4n) is 3.68. The van der Waals surface area contributed by atoms with E-state index in [0.717, 1.165) is 28.1 Å². The van der Waals surface area contributed by atoms with Crippen molar-refractivity contribution in [2.75, 3.05) is 27.4 Å². The SMILES string of the molecule is COCCN1C(=O)c2[nH]nc(-c3ccc(OC)cc3)c2C1c1ccc(C)cc1. The van der Waals surface area contributed by atoms with Crippen LogP contribution in [-0.4, -0.2) is 48.4 Å². The van der Waals surface area contributed by atoms with Crippen molar-refractivity contribution in [3.8, 4) is 17.0 Å². The largest absolute Gasteiger partial charge is 0.497 e. The average molecular weight is 377 g/mol. The van der Waals surface area contributed by atoms with E-state index in [0.29, 0.717) is 18.8 Å². The molecular weight excluding hydrogens is 354 g/mol. The summed E-state index contributed by atoms with van der Waals surface area (Å²) in [7, 11) is 3.28. The Bertz CT molecular complexity index is 977. The molecule has 0 saturated heterocycles. The number of nitrogens with one attached hydrogen (secondary N) is 1. The first-order chi connectivity index (χ1) is 13.6. The van der Waals surface area contributed by atoms with Gasteiger partial charge in [0.15, 0.2) is 0 Å². The van der Waals surface area contributed by atoms with E-state index in [2.05, 4.69) is 41.4 Å². The highest BCUT2D eigenvalue weighted by atomic mass is 16.5. The van der Waals surface area contributed by atoms with Crippen LogP contribution in [0.3, 0.4) is 0 Å². The molecule has 1 aromatic heterocycles. The van der Waals surface area contributed by atoms with Crippen molar-refractivity contribution in [1.29, 1.82) is 0 Å². The van der Waals surface area contributed by atoms with E-state index in [9.17, 15) is 4.79 Å². The summed E-state index contributed by atoms with van der Waals surface area (Å²) in [4.78, 5) is 14.9. The van der Waals surface area contributed by atoms with Crippen LogP contribution in [0.1, 0.15) is 33.2 Å². The van der Waals surface area contributed by atoms with E-state index in [-0.39, 0.29) is 11.9 Å². The van der Waals surface area contributed by atoms with Crippen molar-refractivity contribution < 1.29 is 14.3 Å². The number of nitrogens with zero attached hydrogens (tertiary/aromatic N) is 2. The Balaban J connectivity index is 1.82. The number of H-pyrrole nitrogens is 1. The number of benzene rings is 2. The average Bonchev–Trinajstić information content (AvgIpc) is 3.26. The zero-order valence-corrected chi connectivity index (χ0v) is 16.2. The van der Waals surface area contributed by atoms with Crippen LogP contribution in [0, 0.1) is 6.92 Å². The molecular formula is C22H23N3O3. The molecule has 0 spiro atoms. The number of aromatic nitrogens is 2. The summed E-state index contributed by atoms with van der Waals surface area (Å²) in [5, 5.41) is 7.44. The lowest BCUT2D eigenvalue weighted by molar-refractivity contribution is 0.0677. The summed E-state index contributed by atoms with van der Waals surface area (Å²) in [6.45, 7) is 3.04. The molecule has 1 unspecified atom stereocenters. The molecule has 144 valence electrons. The summed E-state index contributed by atoms with van der Waals surface area (Å²) in [6, 6.07) is 15.8. The van der Waals surface area contributed by atoms with Crippen molar-refractivity contribution >= 4 is 5.91 Å². The molecule has 4 rings (SSSR count). The van der Waals surface area contributed by atoms with Crippen LogP contribution in [0.25, 0.3) is 11.3 Å². The quantitative estimate of drug-likeness (QED) is 0.713. The normalized spacial score (nSPS) is 15.8. The van der Waals surface area contributed by atoms with Crippen molar-refractivity contribution in [2.45, 2.75) is 13.0 Å². The molecule has 1 amide bonds. The highest BCUT2D eigenvalue weighted by Crippen LogP contribution is 2.42. The van der Waals surface area contributed by atoms with E-state index in [1.165, 1.54) is 5.56 Å². The zero-order valence-electron chi connectivity index (χ0n) is 16.2. The van der Waals surface area contributed by atoms with Crippen molar-refractivity contribution in [1.82, 2.24) is 15.1 Å². The molecule has 0 fully saturated rings. The van der Waals surface area contributed by atoms with Gasteiger partial charge in [0.25, 0.3) is 5.91 Å². The smallest absolute Gasteiger partial charge is 0.273 e. The minimum atomic E-state index is -0.200. The minimum Gasteiger partial charge on any atom is -0.497 e. The number of amides is 1. The van der Waals surface area contributed by atoms with Crippen LogP contribution in [0.2, 0.25) is 0 Å². The van der Waals surface area contributed by atoms with E-state index in [4.69, 9.17) is 9.47 Å². The Hall–Kier alpha value is -3.12. The Morgan fingerprint density at radius 2 is 1.79 bits per heavy atom. The number of fused-ring (bicyclic) bond motifs is 1. The topological polar surface area (TPSA) is 67.5 Å². The molecule has 1 atom stereocenters. The molecule has 2 heterocycles. The van der Waals surface area contributed by atoms with Crippen LogP contribution < -0.4 is 4.74 Å². The molecule has 0 radical (unpaired) electrons. The molecule has 6 nitrogen and oxygen atoms in total. The van der Waals surface area contributed by atoms with Gasteiger partial charge in [0.2, 0.25) is 0 Å². The van der Waals surface area contributed by atoms with Crippen molar-refractivity contribution in [3.05, 3.63) is 70.9 Å². The number of aromatic amines is 1. The maximum absolute atomic E-state index is 13.1. The number of methoxy groups -OCH3 is 2. The summed E-state index contributed by atoms with van der Waals surface area (Å²) in [6.07, 6.45) is 0. The predicted molar refractivity (Wildman–Crippen MR) is 107 cm³/mol. The van der Waals surface area contributed by atoms with Gasteiger partial charge in [-0.2, -0.15) is 5.10 Å². The summed E-state index contributed by atoms with van der Waals surface area (Å²) in [5.74, 6) is 0.730. The van der Waals surface area contributed by atoms with Gasteiger partial charge in [-0.15, -0.1) is 0 Å². The second-order valence-electron chi connectivity index (χ2n) is 6.89. The number of hydrogen-bond donors (Lipinski definition) is 1. The van der Waals surface area contributed by atoms with Crippen molar-refractivity contribution in [2.24, 2.45) is 0 Å². The first kappa shape index (κ1) is 18.3. The van der Waals surface area contributed by atoms with E-state index >= 15 is 0 Å². The highest BCUT2D eigenvalue weighted by Gasteiger charge is 2.41. The van der Waals surface area contributed by atoms with Gasteiger partial charge in [0.1, 0.15) is 11.4 Å². The molecule has 1 aliphatic heterocycles. The molecule has 1 N–H and O–H groups in total. The third-order valence-corrected chi connectivity index (χ3v) is 5.16. The standard InChI is InChI=1S/C22H23N3O3/c1-14-4-6-16(7-5-14)21-18-19(15-8-10-17(28-3)11-9-15)23-24-20(18)22(26)25(21)12-13-27-2/h4-11,21H,12-13H2,1-3H3,(H,23,24). The Labute approximate surface area is 164 Å². The Kier molecular flexibility index (Phi) is 4.88. The molecule has 28 heavy (non-hydrogen) atoms. The third kappa shape index (κ3) is 3.05. The van der Waals surface area contributed by atoms with Gasteiger partial charge in [-0.3, -0.25) is 9.89 Å². The molecule has 0 bridgehead atoms. The fourth-order valence-corrected chi connectivity index (χ4v) is 3.68. The van der Waals surface area contributed by atoms with Gasteiger partial charge in [-0.05, 0) is 36.8 Å². The number of carbonyl (C=O) groups excluding carboxylic acids is 1. The molecule has 0 saturated carbocycles. The lowest BCUT2D eigenvalue weighted by Gasteiger charge is -2.26. The maximum Gasteiger partial charge on any atom is 0.273 e. The predicted octanol–water partition coefficient (Wildman–Crippen LogP) is 3.59. The Morgan fingerprint density at radius 1 is 1.07 bits per heavy atom. The zero-order chi connectivity index (χ0) is 19.7. The molecule has 3 aromatic rings. The number of aryl methyl sites for hydroxylation is 1. The van der Waals surface area contributed by atoms with Crippen LogP contribution >= 0.6 is 0 Å². The summed E-state index contributed by atoms with van der Waals surface area (Å²) in [5.41, 5.74) is 5.43. The highest BCUT2D eigenvalue weighted by molar-refractivity contribution is 6.00. The van der Waals surface area contributed by atoms with Crippen LogP contribution in [0.5, 0.6) is 5.75 Å².